The van der Waals surface area contributed by atoms with E-state index in [9.17, 15) is 4.79 Å². The predicted octanol–water partition coefficient (Wildman–Crippen LogP) is 2.96. The fraction of sp³-hybridized carbons (Fsp3) is 0.125. The van der Waals surface area contributed by atoms with Crippen molar-refractivity contribution in [2.24, 2.45) is 7.05 Å². The molecule has 1 atom stereocenters. The van der Waals surface area contributed by atoms with Crippen LogP contribution in [0.2, 0.25) is 0 Å². The maximum absolute atomic E-state index is 13.1. The van der Waals surface area contributed by atoms with Crippen LogP contribution in [0.15, 0.2) is 67.3 Å². The first-order valence-electron chi connectivity index (χ1n) is 10.6. The van der Waals surface area contributed by atoms with E-state index in [0.29, 0.717) is 22.9 Å². The molecule has 168 valence electrons. The molecule has 0 radical (unpaired) electrons. The van der Waals surface area contributed by atoms with Crippen LogP contribution in [0.5, 0.6) is 0 Å². The molecule has 5 rings (SSSR count). The summed E-state index contributed by atoms with van der Waals surface area (Å²) in [5, 5.41) is 8.25. The highest BCUT2D eigenvalue weighted by Crippen LogP contribution is 2.31. The zero-order valence-corrected chi connectivity index (χ0v) is 18.5. The third-order valence-corrected chi connectivity index (χ3v) is 5.29. The molecule has 10 nitrogen and oxygen atoms in total. The lowest BCUT2D eigenvalue weighted by Crippen LogP contribution is -2.29. The fourth-order valence-electron chi connectivity index (χ4n) is 3.62. The van der Waals surface area contributed by atoms with Gasteiger partial charge in [-0.2, -0.15) is 5.10 Å². The number of hydrogen-bond acceptors (Lipinski definition) is 8. The molecule has 0 aliphatic heterocycles. The van der Waals surface area contributed by atoms with E-state index >= 15 is 0 Å². The first kappa shape index (κ1) is 21.1. The second-order valence-corrected chi connectivity index (χ2v) is 7.74. The number of aryl methyl sites for hydroxylation is 1. The molecule has 0 bridgehead atoms. The second-order valence-electron chi connectivity index (χ2n) is 7.74. The van der Waals surface area contributed by atoms with Gasteiger partial charge in [-0.05, 0) is 37.3 Å². The predicted molar refractivity (Wildman–Crippen MR) is 127 cm³/mol. The Labute approximate surface area is 195 Å². The molecule has 34 heavy (non-hydrogen) atoms. The third-order valence-electron chi connectivity index (χ3n) is 5.29. The highest BCUT2D eigenvalue weighted by Gasteiger charge is 2.23. The third kappa shape index (κ3) is 4.04. The van der Waals surface area contributed by atoms with Crippen LogP contribution in [0, 0.1) is 0 Å². The standard InChI is InChI=1S/C24H21N9O/c1-14(23-27-10-4-11-28-23)29-24(34)21-22(25)31-20(18-8-12-33(2)32-18)19(30-21)16-6-7-17-15(13-16)5-3-9-26-17/h3-14H,1-2H3,(H2,25,31)(H,29,34)/t14-/m1/s1. The molecule has 0 unspecified atom stereocenters. The number of nitrogen functional groups attached to an aromatic ring is 1. The van der Waals surface area contributed by atoms with Crippen molar-refractivity contribution in [3.8, 4) is 22.6 Å². The largest absolute Gasteiger partial charge is 0.382 e. The van der Waals surface area contributed by atoms with Gasteiger partial charge in [0.15, 0.2) is 11.5 Å². The van der Waals surface area contributed by atoms with Crippen LogP contribution in [0.1, 0.15) is 29.3 Å². The van der Waals surface area contributed by atoms with Gasteiger partial charge in [-0.1, -0.05) is 12.1 Å². The van der Waals surface area contributed by atoms with Crippen LogP contribution < -0.4 is 11.1 Å². The minimum Gasteiger partial charge on any atom is -0.382 e. The van der Waals surface area contributed by atoms with Crippen molar-refractivity contribution in [3.05, 3.63) is 78.8 Å². The van der Waals surface area contributed by atoms with Crippen LogP contribution in [-0.2, 0) is 7.05 Å². The summed E-state index contributed by atoms with van der Waals surface area (Å²) >= 11 is 0. The number of carbonyl (C=O) groups is 1. The quantitative estimate of drug-likeness (QED) is 0.416. The van der Waals surface area contributed by atoms with Gasteiger partial charge in [0, 0.05) is 42.8 Å². The van der Waals surface area contributed by atoms with Crippen molar-refractivity contribution < 1.29 is 4.79 Å². The zero-order valence-electron chi connectivity index (χ0n) is 18.5. The van der Waals surface area contributed by atoms with Crippen molar-refractivity contribution in [1.82, 2.24) is 40.0 Å². The maximum atomic E-state index is 13.1. The number of nitrogens with two attached hydrogens (primary N) is 1. The van der Waals surface area contributed by atoms with Crippen molar-refractivity contribution in [2.45, 2.75) is 13.0 Å². The maximum Gasteiger partial charge on any atom is 0.274 e. The number of pyridine rings is 1. The van der Waals surface area contributed by atoms with Gasteiger partial charge in [-0.15, -0.1) is 0 Å². The molecule has 0 aliphatic rings. The summed E-state index contributed by atoms with van der Waals surface area (Å²) in [6.07, 6.45) is 6.79. The van der Waals surface area contributed by atoms with E-state index in [4.69, 9.17) is 5.73 Å². The monoisotopic (exact) mass is 451 g/mol. The Morgan fingerprint density at radius 3 is 2.56 bits per heavy atom. The summed E-state index contributed by atoms with van der Waals surface area (Å²) in [5.74, 6) is 0.0153. The summed E-state index contributed by atoms with van der Waals surface area (Å²) in [4.78, 5) is 35.1. The molecular weight excluding hydrogens is 430 g/mol. The second kappa shape index (κ2) is 8.66. The van der Waals surface area contributed by atoms with E-state index in [1.165, 1.54) is 0 Å². The number of nitrogens with one attached hydrogen (secondary N) is 1. The Morgan fingerprint density at radius 1 is 1.00 bits per heavy atom. The van der Waals surface area contributed by atoms with Crippen molar-refractivity contribution in [3.63, 3.8) is 0 Å². The summed E-state index contributed by atoms with van der Waals surface area (Å²) in [7, 11) is 1.82. The number of hydrogen-bond donors (Lipinski definition) is 2. The zero-order chi connectivity index (χ0) is 23.7. The first-order valence-corrected chi connectivity index (χ1v) is 10.6. The van der Waals surface area contributed by atoms with E-state index in [0.717, 1.165) is 16.5 Å². The molecule has 0 saturated carbocycles. The molecule has 0 spiro atoms. The SMILES string of the molecule is C[C@@H](NC(=O)c1nc(-c2ccc3ncccc3c2)c(-c2ccn(C)n2)nc1N)c1ncccn1. The number of aromatic nitrogens is 7. The molecule has 1 amide bonds. The minimum atomic E-state index is -0.471. The number of amides is 1. The fourth-order valence-corrected chi connectivity index (χ4v) is 3.62. The smallest absolute Gasteiger partial charge is 0.274 e. The Kier molecular flexibility index (Phi) is 5.38. The number of carbonyl (C=O) groups excluding carboxylic acids is 1. The van der Waals surface area contributed by atoms with E-state index in [-0.39, 0.29) is 11.5 Å². The van der Waals surface area contributed by atoms with Gasteiger partial charge < -0.3 is 11.1 Å². The lowest BCUT2D eigenvalue weighted by Gasteiger charge is -2.15. The van der Waals surface area contributed by atoms with Crippen molar-refractivity contribution in [1.29, 1.82) is 0 Å². The summed E-state index contributed by atoms with van der Waals surface area (Å²) in [6, 6.07) is 12.7. The molecule has 10 heteroatoms. The minimum absolute atomic E-state index is 0.00513. The summed E-state index contributed by atoms with van der Waals surface area (Å²) in [6.45, 7) is 1.79. The number of anilines is 1. The summed E-state index contributed by atoms with van der Waals surface area (Å²) in [5.41, 5.74) is 9.42. The van der Waals surface area contributed by atoms with Gasteiger partial charge in [-0.25, -0.2) is 19.9 Å². The van der Waals surface area contributed by atoms with Crippen molar-refractivity contribution in [2.75, 3.05) is 5.73 Å². The Balaban J connectivity index is 1.60. The van der Waals surface area contributed by atoms with Gasteiger partial charge in [0.2, 0.25) is 0 Å². The molecule has 0 saturated heterocycles. The van der Waals surface area contributed by atoms with Gasteiger partial charge in [0.05, 0.1) is 17.3 Å². The molecule has 1 aromatic carbocycles. The topological polar surface area (TPSA) is 137 Å². The molecule has 5 aromatic rings. The van der Waals surface area contributed by atoms with E-state index < -0.39 is 11.9 Å². The average Bonchev–Trinajstić information content (AvgIpc) is 3.30. The van der Waals surface area contributed by atoms with Crippen LogP contribution in [0.25, 0.3) is 33.5 Å². The van der Waals surface area contributed by atoms with Crippen molar-refractivity contribution >= 4 is 22.6 Å². The lowest BCUT2D eigenvalue weighted by atomic mass is 10.0. The molecule has 3 N–H and O–H groups in total. The average molecular weight is 451 g/mol. The summed E-state index contributed by atoms with van der Waals surface area (Å²) < 4.78 is 1.67. The Hall–Kier alpha value is -4.73. The molecule has 4 aromatic heterocycles. The van der Waals surface area contributed by atoms with Gasteiger partial charge >= 0.3 is 0 Å². The van der Waals surface area contributed by atoms with Crippen LogP contribution in [0.4, 0.5) is 5.82 Å². The van der Waals surface area contributed by atoms with Crippen LogP contribution in [0.3, 0.4) is 0 Å². The van der Waals surface area contributed by atoms with Gasteiger partial charge in [-0.3, -0.25) is 14.5 Å². The highest BCUT2D eigenvalue weighted by molar-refractivity contribution is 5.98. The van der Waals surface area contributed by atoms with Crippen LogP contribution >= 0.6 is 0 Å². The first-order chi connectivity index (χ1) is 16.5. The molecular formula is C24H21N9O. The normalized spacial score (nSPS) is 11.9. The lowest BCUT2D eigenvalue weighted by molar-refractivity contribution is 0.0934. The molecule has 4 heterocycles. The Morgan fingerprint density at radius 2 is 1.79 bits per heavy atom. The van der Waals surface area contributed by atoms with Gasteiger partial charge in [0.25, 0.3) is 5.91 Å². The van der Waals surface area contributed by atoms with E-state index in [1.807, 2.05) is 49.6 Å². The molecule has 0 aliphatic carbocycles. The van der Waals surface area contributed by atoms with E-state index in [2.05, 4.69) is 35.3 Å². The number of nitrogens with zero attached hydrogens (tertiary/aromatic N) is 7. The number of fused-ring (bicyclic) bond motifs is 1. The number of rotatable bonds is 5. The molecule has 0 fully saturated rings. The Bertz CT molecular complexity index is 1500. The van der Waals surface area contributed by atoms with Crippen LogP contribution in [-0.4, -0.2) is 40.6 Å². The van der Waals surface area contributed by atoms with E-state index in [1.54, 1.807) is 36.3 Å². The van der Waals surface area contributed by atoms with Gasteiger partial charge in [0.1, 0.15) is 17.2 Å². The number of benzene rings is 1. The highest BCUT2D eigenvalue weighted by atomic mass is 16.2.